The lowest BCUT2D eigenvalue weighted by Crippen LogP contribution is -2.12. The maximum absolute atomic E-state index is 12.0. The highest BCUT2D eigenvalue weighted by atomic mass is 35.5. The van der Waals surface area contributed by atoms with Crippen LogP contribution in [0.2, 0.25) is 10.0 Å². The second-order valence-corrected chi connectivity index (χ2v) is 4.66. The molecule has 1 N–H and O–H groups in total. The van der Waals surface area contributed by atoms with Gasteiger partial charge >= 0.3 is 0 Å². The van der Waals surface area contributed by atoms with Crippen LogP contribution in [0.3, 0.4) is 0 Å². The molecule has 2 rings (SSSR count). The summed E-state index contributed by atoms with van der Waals surface area (Å²) in [5.74, 6) is -0.231. The first-order chi connectivity index (χ1) is 8.59. The molecule has 0 aliphatic rings. The topological polar surface area (TPSA) is 29.1 Å². The standard InChI is InChI=1S/C14H11Cl2NO/c1-9-7-8-11(15)13(12(9)16)17-14(18)10-5-3-2-4-6-10/h2-8H,1H3,(H,17,18). The Morgan fingerprint density at radius 3 is 2.39 bits per heavy atom. The molecule has 0 spiro atoms. The van der Waals surface area contributed by atoms with Gasteiger partial charge in [-0.05, 0) is 30.7 Å². The lowest BCUT2D eigenvalue weighted by atomic mass is 10.2. The molecule has 2 aromatic rings. The minimum atomic E-state index is -0.231. The van der Waals surface area contributed by atoms with Crippen molar-refractivity contribution >= 4 is 34.8 Å². The molecule has 0 aliphatic carbocycles. The van der Waals surface area contributed by atoms with Crippen molar-refractivity contribution in [2.45, 2.75) is 6.92 Å². The fourth-order valence-corrected chi connectivity index (χ4v) is 2.01. The Bertz CT molecular complexity index is 582. The summed E-state index contributed by atoms with van der Waals surface area (Å²) in [6.45, 7) is 1.86. The van der Waals surface area contributed by atoms with Gasteiger partial charge in [0.1, 0.15) is 0 Å². The van der Waals surface area contributed by atoms with Crippen LogP contribution < -0.4 is 5.32 Å². The number of carbonyl (C=O) groups is 1. The first kappa shape index (κ1) is 12.9. The van der Waals surface area contributed by atoms with Crippen molar-refractivity contribution in [2.75, 3.05) is 5.32 Å². The number of hydrogen-bond donors (Lipinski definition) is 1. The Morgan fingerprint density at radius 1 is 1.06 bits per heavy atom. The average Bonchev–Trinajstić information content (AvgIpc) is 2.40. The number of aryl methyl sites for hydroxylation is 1. The van der Waals surface area contributed by atoms with E-state index in [4.69, 9.17) is 23.2 Å². The maximum atomic E-state index is 12.0. The van der Waals surface area contributed by atoms with Gasteiger partial charge in [-0.2, -0.15) is 0 Å². The Balaban J connectivity index is 2.30. The van der Waals surface area contributed by atoms with Gasteiger partial charge in [0.15, 0.2) is 0 Å². The zero-order valence-corrected chi connectivity index (χ0v) is 11.2. The summed E-state index contributed by atoms with van der Waals surface area (Å²) in [5.41, 5.74) is 1.88. The second kappa shape index (κ2) is 5.42. The van der Waals surface area contributed by atoms with Gasteiger partial charge in [-0.15, -0.1) is 0 Å². The maximum Gasteiger partial charge on any atom is 0.255 e. The minimum Gasteiger partial charge on any atom is -0.319 e. The number of hydrogen-bond acceptors (Lipinski definition) is 1. The van der Waals surface area contributed by atoms with E-state index in [9.17, 15) is 4.79 Å². The van der Waals surface area contributed by atoms with E-state index in [0.717, 1.165) is 5.56 Å². The molecule has 2 aromatic carbocycles. The second-order valence-electron chi connectivity index (χ2n) is 3.87. The van der Waals surface area contributed by atoms with Crippen LogP contribution in [0.25, 0.3) is 0 Å². The van der Waals surface area contributed by atoms with Crippen molar-refractivity contribution < 1.29 is 4.79 Å². The summed E-state index contributed by atoms with van der Waals surface area (Å²) >= 11 is 12.2. The molecule has 4 heteroatoms. The highest BCUT2D eigenvalue weighted by Crippen LogP contribution is 2.33. The van der Waals surface area contributed by atoms with Crippen LogP contribution in [0.5, 0.6) is 0 Å². The first-order valence-corrected chi connectivity index (χ1v) is 6.16. The van der Waals surface area contributed by atoms with Crippen molar-refractivity contribution in [3.05, 3.63) is 63.6 Å². The van der Waals surface area contributed by atoms with Crippen LogP contribution in [-0.2, 0) is 0 Å². The number of nitrogens with one attached hydrogen (secondary N) is 1. The smallest absolute Gasteiger partial charge is 0.255 e. The summed E-state index contributed by atoms with van der Waals surface area (Å²) in [6.07, 6.45) is 0. The summed E-state index contributed by atoms with van der Waals surface area (Å²) in [7, 11) is 0. The molecule has 1 amide bonds. The van der Waals surface area contributed by atoms with Crippen LogP contribution >= 0.6 is 23.2 Å². The van der Waals surface area contributed by atoms with E-state index in [1.54, 1.807) is 30.3 Å². The molecule has 0 atom stereocenters. The van der Waals surface area contributed by atoms with E-state index in [2.05, 4.69) is 5.32 Å². The number of benzene rings is 2. The molecule has 0 saturated carbocycles. The predicted molar refractivity (Wildman–Crippen MR) is 75.6 cm³/mol. The third kappa shape index (κ3) is 2.66. The summed E-state index contributed by atoms with van der Waals surface area (Å²) in [4.78, 5) is 12.0. The Labute approximate surface area is 116 Å². The monoisotopic (exact) mass is 279 g/mol. The van der Waals surface area contributed by atoms with Gasteiger partial charge in [0, 0.05) is 5.56 Å². The van der Waals surface area contributed by atoms with E-state index in [1.165, 1.54) is 0 Å². The Kier molecular flexibility index (Phi) is 3.90. The average molecular weight is 280 g/mol. The van der Waals surface area contributed by atoms with Gasteiger partial charge in [0.2, 0.25) is 0 Å². The lowest BCUT2D eigenvalue weighted by molar-refractivity contribution is 0.102. The van der Waals surface area contributed by atoms with E-state index >= 15 is 0 Å². The summed E-state index contributed by atoms with van der Waals surface area (Å²) in [6, 6.07) is 12.4. The molecule has 0 radical (unpaired) electrons. The minimum absolute atomic E-state index is 0.231. The van der Waals surface area contributed by atoms with Crippen molar-refractivity contribution in [2.24, 2.45) is 0 Å². The van der Waals surface area contributed by atoms with Gasteiger partial charge < -0.3 is 5.32 Å². The zero-order chi connectivity index (χ0) is 13.1. The third-order valence-corrected chi connectivity index (χ3v) is 3.36. The SMILES string of the molecule is Cc1ccc(Cl)c(NC(=O)c2ccccc2)c1Cl. The van der Waals surface area contributed by atoms with E-state index < -0.39 is 0 Å². The molecule has 92 valence electrons. The van der Waals surface area contributed by atoms with Crippen LogP contribution in [-0.4, -0.2) is 5.91 Å². The quantitative estimate of drug-likeness (QED) is 0.858. The Morgan fingerprint density at radius 2 is 1.72 bits per heavy atom. The molecule has 0 bridgehead atoms. The Hall–Kier alpha value is -1.51. The van der Waals surface area contributed by atoms with E-state index in [0.29, 0.717) is 21.3 Å². The molecule has 0 heterocycles. The highest BCUT2D eigenvalue weighted by Gasteiger charge is 2.12. The van der Waals surface area contributed by atoms with Crippen molar-refractivity contribution in [3.63, 3.8) is 0 Å². The molecule has 0 fully saturated rings. The molecule has 2 nitrogen and oxygen atoms in total. The van der Waals surface area contributed by atoms with Crippen molar-refractivity contribution in [1.29, 1.82) is 0 Å². The molecule has 0 aliphatic heterocycles. The number of halogens is 2. The van der Waals surface area contributed by atoms with E-state index in [1.807, 2.05) is 19.1 Å². The lowest BCUT2D eigenvalue weighted by Gasteiger charge is -2.11. The van der Waals surface area contributed by atoms with Crippen LogP contribution in [0.15, 0.2) is 42.5 Å². The largest absolute Gasteiger partial charge is 0.319 e. The fraction of sp³-hybridized carbons (Fsp3) is 0.0714. The van der Waals surface area contributed by atoms with E-state index in [-0.39, 0.29) is 5.91 Å². The fourth-order valence-electron chi connectivity index (χ4n) is 1.55. The van der Waals surface area contributed by atoms with Gasteiger partial charge in [-0.1, -0.05) is 47.5 Å². The van der Waals surface area contributed by atoms with Gasteiger partial charge in [0.25, 0.3) is 5.91 Å². The van der Waals surface area contributed by atoms with Gasteiger partial charge in [-0.3, -0.25) is 4.79 Å². The molecule has 0 saturated heterocycles. The number of rotatable bonds is 2. The number of amides is 1. The molecule has 0 unspecified atom stereocenters. The molecular formula is C14H11Cl2NO. The molecule has 18 heavy (non-hydrogen) atoms. The van der Waals surface area contributed by atoms with Crippen molar-refractivity contribution in [3.8, 4) is 0 Å². The van der Waals surface area contributed by atoms with Gasteiger partial charge in [0.05, 0.1) is 15.7 Å². The highest BCUT2D eigenvalue weighted by molar-refractivity contribution is 6.40. The van der Waals surface area contributed by atoms with Crippen molar-refractivity contribution in [1.82, 2.24) is 0 Å². The molecular weight excluding hydrogens is 269 g/mol. The normalized spacial score (nSPS) is 10.2. The summed E-state index contributed by atoms with van der Waals surface area (Å²) < 4.78 is 0. The number of carbonyl (C=O) groups excluding carboxylic acids is 1. The summed E-state index contributed by atoms with van der Waals surface area (Å²) in [5, 5.41) is 3.62. The van der Waals surface area contributed by atoms with Crippen LogP contribution in [0, 0.1) is 6.92 Å². The van der Waals surface area contributed by atoms with Gasteiger partial charge in [-0.25, -0.2) is 0 Å². The van der Waals surface area contributed by atoms with Crippen LogP contribution in [0.4, 0.5) is 5.69 Å². The first-order valence-electron chi connectivity index (χ1n) is 5.40. The van der Waals surface area contributed by atoms with Crippen LogP contribution in [0.1, 0.15) is 15.9 Å². The predicted octanol–water partition coefficient (Wildman–Crippen LogP) is 4.55. The molecule has 0 aromatic heterocycles. The zero-order valence-electron chi connectivity index (χ0n) is 9.71. The number of anilines is 1. The third-order valence-electron chi connectivity index (χ3n) is 2.56.